The summed E-state index contributed by atoms with van der Waals surface area (Å²) in [5, 5.41) is 0.449. The Labute approximate surface area is 159 Å². The van der Waals surface area contributed by atoms with E-state index in [1.165, 1.54) is 12.3 Å². The fourth-order valence-corrected chi connectivity index (χ4v) is 4.72. The van der Waals surface area contributed by atoms with E-state index in [0.717, 1.165) is 29.7 Å². The Morgan fingerprint density at radius 1 is 1.23 bits per heavy atom. The van der Waals surface area contributed by atoms with Gasteiger partial charge in [-0.15, -0.1) is 0 Å². The first-order valence-electron chi connectivity index (χ1n) is 8.31. The molecule has 0 radical (unpaired) electrons. The summed E-state index contributed by atoms with van der Waals surface area (Å²) in [5.74, 6) is 0.969. The number of nitrogens with one attached hydrogen (secondary N) is 1. The molecule has 0 unspecified atom stereocenters. The second-order valence-electron chi connectivity index (χ2n) is 6.55. The molecule has 1 aromatic carbocycles. The summed E-state index contributed by atoms with van der Waals surface area (Å²) in [6, 6.07) is 6.82. The van der Waals surface area contributed by atoms with Crippen LogP contribution in [-0.4, -0.2) is 45.5 Å². The Balaban J connectivity index is 2.00. The van der Waals surface area contributed by atoms with Crippen LogP contribution in [0.3, 0.4) is 0 Å². The van der Waals surface area contributed by atoms with E-state index in [0.29, 0.717) is 17.5 Å². The summed E-state index contributed by atoms with van der Waals surface area (Å²) in [4.78, 5) is 6.46. The fraction of sp³-hybridized carbons (Fsp3) is 0.389. The molecule has 0 bridgehead atoms. The molecule has 3 rings (SSSR count). The van der Waals surface area contributed by atoms with Gasteiger partial charge in [-0.25, -0.2) is 13.4 Å². The highest BCUT2D eigenvalue weighted by atomic mass is 35.5. The Hall–Kier alpha value is -1.83. The highest BCUT2D eigenvalue weighted by molar-refractivity contribution is 7.92. The third-order valence-corrected chi connectivity index (χ3v) is 6.38. The van der Waals surface area contributed by atoms with E-state index in [-0.39, 0.29) is 10.7 Å². The molecule has 140 valence electrons. The Morgan fingerprint density at radius 3 is 2.62 bits per heavy atom. The molecule has 1 aliphatic carbocycles. The van der Waals surface area contributed by atoms with Gasteiger partial charge in [0, 0.05) is 17.8 Å². The molecule has 0 fully saturated rings. The predicted molar refractivity (Wildman–Crippen MR) is 103 cm³/mol. The summed E-state index contributed by atoms with van der Waals surface area (Å²) in [6.45, 7) is 0. The average Bonchev–Trinajstić information content (AvgIpc) is 2.61. The van der Waals surface area contributed by atoms with Gasteiger partial charge in [-0.1, -0.05) is 11.6 Å². The normalized spacial score (nSPS) is 17.0. The third kappa shape index (κ3) is 3.79. The van der Waals surface area contributed by atoms with Crippen LogP contribution >= 0.6 is 11.6 Å². The number of fused-ring (bicyclic) bond motifs is 1. The summed E-state index contributed by atoms with van der Waals surface area (Å²) in [6.07, 6.45) is 3.74. The van der Waals surface area contributed by atoms with Crippen LogP contribution in [0, 0.1) is 0 Å². The molecule has 8 heteroatoms. The van der Waals surface area contributed by atoms with Gasteiger partial charge in [0.2, 0.25) is 0 Å². The Morgan fingerprint density at radius 2 is 2.00 bits per heavy atom. The van der Waals surface area contributed by atoms with Crippen molar-refractivity contribution < 1.29 is 13.2 Å². The highest BCUT2D eigenvalue weighted by Crippen LogP contribution is 2.35. The van der Waals surface area contributed by atoms with Crippen molar-refractivity contribution in [3.8, 4) is 5.75 Å². The number of hydrogen-bond acceptors (Lipinski definition) is 5. The van der Waals surface area contributed by atoms with Crippen LogP contribution < -0.4 is 9.46 Å². The lowest BCUT2D eigenvalue weighted by atomic mass is 9.87. The van der Waals surface area contributed by atoms with E-state index >= 15 is 0 Å². The van der Waals surface area contributed by atoms with Crippen molar-refractivity contribution in [3.05, 3.63) is 46.6 Å². The highest BCUT2D eigenvalue weighted by Gasteiger charge is 2.29. The molecule has 0 amide bonds. The number of sulfonamides is 1. The number of benzene rings is 1. The molecule has 0 spiro atoms. The van der Waals surface area contributed by atoms with Crippen molar-refractivity contribution in [1.82, 2.24) is 9.88 Å². The summed E-state index contributed by atoms with van der Waals surface area (Å²) in [7, 11) is 1.93. The molecule has 0 saturated carbocycles. The molecule has 1 N–H and O–H groups in total. The van der Waals surface area contributed by atoms with Crippen LogP contribution in [-0.2, 0) is 22.9 Å². The molecule has 0 aliphatic heterocycles. The maximum atomic E-state index is 12.9. The van der Waals surface area contributed by atoms with E-state index < -0.39 is 10.0 Å². The minimum absolute atomic E-state index is 0.237. The zero-order chi connectivity index (χ0) is 18.9. The Bertz CT molecular complexity index is 899. The van der Waals surface area contributed by atoms with Crippen molar-refractivity contribution >= 4 is 27.4 Å². The molecule has 2 aromatic rings. The number of hydrogen-bond donors (Lipinski definition) is 1. The van der Waals surface area contributed by atoms with Crippen molar-refractivity contribution in [2.45, 2.75) is 30.2 Å². The van der Waals surface area contributed by atoms with Gasteiger partial charge < -0.3 is 9.64 Å². The molecule has 26 heavy (non-hydrogen) atoms. The largest absolute Gasteiger partial charge is 0.496 e. The summed E-state index contributed by atoms with van der Waals surface area (Å²) in [5.41, 5.74) is 1.79. The summed E-state index contributed by atoms with van der Waals surface area (Å²) < 4.78 is 33.9. The van der Waals surface area contributed by atoms with Crippen molar-refractivity contribution in [2.75, 3.05) is 25.9 Å². The number of halogens is 1. The van der Waals surface area contributed by atoms with Crippen LogP contribution in [0.5, 0.6) is 5.75 Å². The fourth-order valence-electron chi connectivity index (χ4n) is 3.31. The van der Waals surface area contributed by atoms with Gasteiger partial charge in [0.1, 0.15) is 11.6 Å². The van der Waals surface area contributed by atoms with Crippen LogP contribution in [0.1, 0.15) is 17.5 Å². The maximum Gasteiger partial charge on any atom is 0.263 e. The molecule has 1 heterocycles. The first-order valence-corrected chi connectivity index (χ1v) is 10.2. The second-order valence-corrected chi connectivity index (χ2v) is 8.64. The van der Waals surface area contributed by atoms with Gasteiger partial charge in [-0.2, -0.15) is 0 Å². The van der Waals surface area contributed by atoms with Gasteiger partial charge in [0.15, 0.2) is 0 Å². The molecule has 0 saturated heterocycles. The predicted octanol–water partition coefficient (Wildman–Crippen LogP) is 2.96. The van der Waals surface area contributed by atoms with E-state index in [2.05, 4.69) is 14.6 Å². The molecule has 6 nitrogen and oxygen atoms in total. The van der Waals surface area contributed by atoms with Crippen molar-refractivity contribution in [1.29, 1.82) is 0 Å². The SMILES string of the molecule is COc1ccc(S(=O)(=O)Nc2ccc(Cl)cn2)c2c1C[C@@H](N(C)C)CC2. The van der Waals surface area contributed by atoms with E-state index in [1.54, 1.807) is 25.3 Å². The van der Waals surface area contributed by atoms with Crippen molar-refractivity contribution in [3.63, 3.8) is 0 Å². The maximum absolute atomic E-state index is 12.9. The van der Waals surface area contributed by atoms with Crippen LogP contribution in [0.15, 0.2) is 35.4 Å². The molecule has 1 aromatic heterocycles. The van der Waals surface area contributed by atoms with Crippen LogP contribution in [0.2, 0.25) is 5.02 Å². The Kier molecular flexibility index (Phi) is 5.41. The van der Waals surface area contributed by atoms with Gasteiger partial charge in [-0.3, -0.25) is 4.72 Å². The van der Waals surface area contributed by atoms with Crippen LogP contribution in [0.4, 0.5) is 5.82 Å². The first-order chi connectivity index (χ1) is 12.3. The topological polar surface area (TPSA) is 71.5 Å². The minimum atomic E-state index is -3.76. The van der Waals surface area contributed by atoms with Gasteiger partial charge in [-0.05, 0) is 63.2 Å². The third-order valence-electron chi connectivity index (χ3n) is 4.72. The number of likely N-dealkylation sites (N-methyl/N-ethyl adjacent to an activating group) is 1. The van der Waals surface area contributed by atoms with Crippen LogP contribution in [0.25, 0.3) is 0 Å². The number of nitrogens with zero attached hydrogens (tertiary/aromatic N) is 2. The number of rotatable bonds is 5. The van der Waals surface area contributed by atoms with E-state index in [1.807, 2.05) is 14.1 Å². The lowest BCUT2D eigenvalue weighted by Crippen LogP contribution is -2.34. The zero-order valence-corrected chi connectivity index (χ0v) is 16.6. The lowest BCUT2D eigenvalue weighted by Gasteiger charge is -2.31. The standard InChI is InChI=1S/C18H22ClN3O3S/c1-22(2)13-5-6-14-15(10-13)16(25-3)7-8-17(14)26(23,24)21-18-9-4-12(19)11-20-18/h4,7-9,11,13H,5-6,10H2,1-3H3,(H,20,21)/t13-/m0/s1. The second kappa shape index (κ2) is 7.42. The monoisotopic (exact) mass is 395 g/mol. The number of methoxy groups -OCH3 is 1. The number of pyridine rings is 1. The molecular weight excluding hydrogens is 374 g/mol. The van der Waals surface area contributed by atoms with Gasteiger partial charge in [0.25, 0.3) is 10.0 Å². The first kappa shape index (κ1) is 18.9. The van der Waals surface area contributed by atoms with Gasteiger partial charge >= 0.3 is 0 Å². The molecular formula is C18H22ClN3O3S. The lowest BCUT2D eigenvalue weighted by molar-refractivity contribution is 0.263. The number of ether oxygens (including phenoxy) is 1. The minimum Gasteiger partial charge on any atom is -0.496 e. The van der Waals surface area contributed by atoms with E-state index in [4.69, 9.17) is 16.3 Å². The zero-order valence-electron chi connectivity index (χ0n) is 15.0. The van der Waals surface area contributed by atoms with Crippen molar-refractivity contribution in [2.24, 2.45) is 0 Å². The number of anilines is 1. The molecule has 1 aliphatic rings. The summed E-state index contributed by atoms with van der Waals surface area (Å²) >= 11 is 5.81. The molecule has 1 atom stereocenters. The smallest absolute Gasteiger partial charge is 0.263 e. The number of aromatic nitrogens is 1. The average molecular weight is 396 g/mol. The quantitative estimate of drug-likeness (QED) is 0.842. The van der Waals surface area contributed by atoms with Gasteiger partial charge in [0.05, 0.1) is 17.0 Å². The van der Waals surface area contributed by atoms with E-state index in [9.17, 15) is 8.42 Å².